The zero-order valence-corrected chi connectivity index (χ0v) is 12.2. The maximum Gasteiger partial charge on any atom is 0.0314 e. The second-order valence-corrected chi connectivity index (χ2v) is 6.53. The van der Waals surface area contributed by atoms with Crippen molar-refractivity contribution < 1.29 is 0 Å². The number of hydrogen-bond donors (Lipinski definition) is 1. The van der Waals surface area contributed by atoms with Crippen LogP contribution in [-0.4, -0.2) is 13.1 Å². The van der Waals surface area contributed by atoms with Gasteiger partial charge in [-0.1, -0.05) is 12.8 Å². The van der Waals surface area contributed by atoms with Crippen LogP contribution in [0.4, 0.5) is 0 Å². The Labute approximate surface area is 111 Å². The second kappa shape index (κ2) is 6.18. The summed E-state index contributed by atoms with van der Waals surface area (Å²) in [6.07, 6.45) is 8.21. The summed E-state index contributed by atoms with van der Waals surface area (Å²) in [4.78, 5) is 1.50. The molecule has 1 heterocycles. The number of aryl methyl sites for hydroxylation is 1. The largest absolute Gasteiger partial charge is 0.317 e. The maximum absolute atomic E-state index is 3.61. The first-order valence-corrected chi connectivity index (χ1v) is 7.87. The Kier molecular flexibility index (Phi) is 4.86. The topological polar surface area (TPSA) is 12.0 Å². The van der Waals surface area contributed by atoms with Gasteiger partial charge in [-0.05, 0) is 66.0 Å². The first kappa shape index (κ1) is 12.6. The van der Waals surface area contributed by atoms with Crippen LogP contribution in [0, 0.1) is 5.92 Å². The summed E-state index contributed by atoms with van der Waals surface area (Å²) >= 11 is 5.48. The summed E-state index contributed by atoms with van der Waals surface area (Å²) in [5.41, 5.74) is 0. The van der Waals surface area contributed by atoms with Crippen molar-refractivity contribution in [3.05, 3.63) is 20.8 Å². The molecule has 0 aromatic carbocycles. The molecule has 1 aromatic heterocycles. The monoisotopic (exact) mass is 301 g/mol. The lowest BCUT2D eigenvalue weighted by molar-refractivity contribution is 0.360. The molecule has 1 aliphatic carbocycles. The standard InChI is InChI=1S/C13H20BrNS/c1-15-12(10-4-2-3-5-10)6-7-13-11(14)8-9-16-13/h8-10,12,15H,2-7H2,1H3. The van der Waals surface area contributed by atoms with Crippen molar-refractivity contribution >= 4 is 27.3 Å². The van der Waals surface area contributed by atoms with Crippen molar-refractivity contribution in [3.63, 3.8) is 0 Å². The van der Waals surface area contributed by atoms with Crippen molar-refractivity contribution in [2.75, 3.05) is 7.05 Å². The summed E-state index contributed by atoms with van der Waals surface area (Å²) < 4.78 is 1.29. The molecule has 16 heavy (non-hydrogen) atoms. The smallest absolute Gasteiger partial charge is 0.0314 e. The van der Waals surface area contributed by atoms with Crippen LogP contribution in [0.5, 0.6) is 0 Å². The molecule has 1 N–H and O–H groups in total. The summed E-state index contributed by atoms with van der Waals surface area (Å²) in [6, 6.07) is 2.88. The van der Waals surface area contributed by atoms with Gasteiger partial charge in [-0.25, -0.2) is 0 Å². The third-order valence-corrected chi connectivity index (χ3v) is 5.70. The van der Waals surface area contributed by atoms with E-state index in [1.165, 1.54) is 47.9 Å². The van der Waals surface area contributed by atoms with Gasteiger partial charge in [0, 0.05) is 15.4 Å². The van der Waals surface area contributed by atoms with Crippen molar-refractivity contribution in [3.8, 4) is 0 Å². The van der Waals surface area contributed by atoms with Crippen LogP contribution >= 0.6 is 27.3 Å². The molecule has 2 rings (SSSR count). The quantitative estimate of drug-likeness (QED) is 0.858. The molecular formula is C13H20BrNS. The lowest BCUT2D eigenvalue weighted by Gasteiger charge is -2.22. The zero-order valence-electron chi connectivity index (χ0n) is 9.84. The van der Waals surface area contributed by atoms with E-state index in [9.17, 15) is 0 Å². The summed E-state index contributed by atoms with van der Waals surface area (Å²) in [5.74, 6) is 0.920. The number of nitrogens with one attached hydrogen (secondary N) is 1. The normalized spacial score (nSPS) is 19.1. The molecule has 1 aromatic rings. The van der Waals surface area contributed by atoms with Crippen LogP contribution in [0.2, 0.25) is 0 Å². The van der Waals surface area contributed by atoms with Gasteiger partial charge in [0.15, 0.2) is 0 Å². The predicted molar refractivity (Wildman–Crippen MR) is 75.1 cm³/mol. The van der Waals surface area contributed by atoms with Gasteiger partial charge in [-0.15, -0.1) is 11.3 Å². The molecule has 0 saturated heterocycles. The Hall–Kier alpha value is 0.140. The highest BCUT2D eigenvalue weighted by Crippen LogP contribution is 2.31. The van der Waals surface area contributed by atoms with Crippen molar-refractivity contribution in [1.29, 1.82) is 0 Å². The van der Waals surface area contributed by atoms with Gasteiger partial charge in [0.05, 0.1) is 0 Å². The Bertz CT molecular complexity index is 317. The number of hydrogen-bond acceptors (Lipinski definition) is 2. The van der Waals surface area contributed by atoms with Crippen LogP contribution in [-0.2, 0) is 6.42 Å². The molecule has 90 valence electrons. The average molecular weight is 302 g/mol. The SMILES string of the molecule is CNC(CCc1sccc1Br)C1CCCC1. The summed E-state index contributed by atoms with van der Waals surface area (Å²) in [6.45, 7) is 0. The van der Waals surface area contributed by atoms with Gasteiger partial charge < -0.3 is 5.32 Å². The maximum atomic E-state index is 3.61. The fraction of sp³-hybridized carbons (Fsp3) is 0.692. The predicted octanol–water partition coefficient (Wildman–Crippen LogP) is 4.22. The highest BCUT2D eigenvalue weighted by Gasteiger charge is 2.23. The number of halogens is 1. The van der Waals surface area contributed by atoms with E-state index in [1.54, 1.807) is 0 Å². The molecule has 0 bridgehead atoms. The van der Waals surface area contributed by atoms with Crippen LogP contribution in [0.25, 0.3) is 0 Å². The lowest BCUT2D eigenvalue weighted by atomic mass is 9.94. The Balaban J connectivity index is 1.85. The van der Waals surface area contributed by atoms with E-state index in [2.05, 4.69) is 39.7 Å². The third-order valence-electron chi connectivity index (χ3n) is 3.71. The minimum Gasteiger partial charge on any atom is -0.317 e. The molecule has 3 heteroatoms. The molecule has 0 radical (unpaired) electrons. The number of rotatable bonds is 5. The van der Waals surface area contributed by atoms with Gasteiger partial charge in [-0.2, -0.15) is 0 Å². The molecular weight excluding hydrogens is 282 g/mol. The van der Waals surface area contributed by atoms with E-state index in [-0.39, 0.29) is 0 Å². The number of thiophene rings is 1. The Morgan fingerprint density at radius 1 is 1.50 bits per heavy atom. The van der Waals surface area contributed by atoms with Crippen molar-refractivity contribution in [2.45, 2.75) is 44.6 Å². The van der Waals surface area contributed by atoms with E-state index < -0.39 is 0 Å². The highest BCUT2D eigenvalue weighted by atomic mass is 79.9. The molecule has 1 nitrogen and oxygen atoms in total. The van der Waals surface area contributed by atoms with Gasteiger partial charge in [0.1, 0.15) is 0 Å². The van der Waals surface area contributed by atoms with Gasteiger partial charge in [0.2, 0.25) is 0 Å². The van der Waals surface area contributed by atoms with E-state index in [0.717, 1.165) is 12.0 Å². The lowest BCUT2D eigenvalue weighted by Crippen LogP contribution is -2.32. The van der Waals surface area contributed by atoms with Crippen LogP contribution in [0.3, 0.4) is 0 Å². The van der Waals surface area contributed by atoms with Crippen molar-refractivity contribution in [2.24, 2.45) is 5.92 Å². The first-order chi connectivity index (χ1) is 7.81. The van der Waals surface area contributed by atoms with Gasteiger partial charge in [0.25, 0.3) is 0 Å². The summed E-state index contributed by atoms with van der Waals surface area (Å²) in [5, 5.41) is 5.69. The zero-order chi connectivity index (χ0) is 11.4. The first-order valence-electron chi connectivity index (χ1n) is 6.20. The molecule has 1 atom stereocenters. The molecule has 0 spiro atoms. The van der Waals surface area contributed by atoms with Gasteiger partial charge in [-0.3, -0.25) is 0 Å². The van der Waals surface area contributed by atoms with Crippen LogP contribution < -0.4 is 5.32 Å². The molecule has 0 amide bonds. The van der Waals surface area contributed by atoms with Crippen molar-refractivity contribution in [1.82, 2.24) is 5.32 Å². The third kappa shape index (κ3) is 3.08. The average Bonchev–Trinajstić information content (AvgIpc) is 2.92. The fourth-order valence-electron chi connectivity index (χ4n) is 2.77. The summed E-state index contributed by atoms with van der Waals surface area (Å²) in [7, 11) is 2.12. The molecule has 1 fully saturated rings. The van der Waals surface area contributed by atoms with Gasteiger partial charge >= 0.3 is 0 Å². The molecule has 1 unspecified atom stereocenters. The molecule has 1 aliphatic rings. The molecule has 1 saturated carbocycles. The fourth-order valence-corrected chi connectivity index (χ4v) is 4.34. The van der Waals surface area contributed by atoms with E-state index in [1.807, 2.05) is 11.3 Å². The second-order valence-electron chi connectivity index (χ2n) is 4.67. The van der Waals surface area contributed by atoms with Crippen LogP contribution in [0.1, 0.15) is 37.0 Å². The van der Waals surface area contributed by atoms with Crippen LogP contribution in [0.15, 0.2) is 15.9 Å². The minimum atomic E-state index is 0.719. The molecule has 0 aliphatic heterocycles. The Morgan fingerprint density at radius 2 is 2.25 bits per heavy atom. The Morgan fingerprint density at radius 3 is 2.81 bits per heavy atom. The van der Waals surface area contributed by atoms with E-state index in [4.69, 9.17) is 0 Å². The van der Waals surface area contributed by atoms with E-state index >= 15 is 0 Å². The minimum absolute atomic E-state index is 0.719. The highest BCUT2D eigenvalue weighted by molar-refractivity contribution is 9.10. The van der Waals surface area contributed by atoms with E-state index in [0.29, 0.717) is 0 Å².